The van der Waals surface area contributed by atoms with Gasteiger partial charge in [0.25, 0.3) is 0 Å². The third kappa shape index (κ3) is 1.06. The van der Waals surface area contributed by atoms with Crippen LogP contribution in [0.4, 0.5) is 0 Å². The van der Waals surface area contributed by atoms with Crippen LogP contribution in [0.1, 0.15) is 5.69 Å². The second-order valence-corrected chi connectivity index (χ2v) is 2.22. The Morgan fingerprint density at radius 2 is 2.38 bits per heavy atom. The predicted octanol–water partition coefficient (Wildman–Crippen LogP) is -2.43. The molecule has 0 unspecified atom stereocenters. The summed E-state index contributed by atoms with van der Waals surface area (Å²) in [4.78, 5) is 11.6. The van der Waals surface area contributed by atoms with Crippen LogP contribution in [0, 0.1) is 12.1 Å². The zero-order valence-electron chi connectivity index (χ0n) is 6.42. The van der Waals surface area contributed by atoms with Gasteiger partial charge in [-0.05, 0) is 4.90 Å². The molecule has 2 rings (SSSR count). The summed E-state index contributed by atoms with van der Waals surface area (Å²) in [6.45, 7) is 1.46. The first-order valence-corrected chi connectivity index (χ1v) is 3.23. The molecule has 9 nitrogen and oxygen atoms in total. The molecular weight excluding hydrogens is 182 g/mol. The van der Waals surface area contributed by atoms with Gasteiger partial charge >= 0.3 is 11.6 Å². The van der Waals surface area contributed by atoms with E-state index in [9.17, 15) is 10.0 Å². The summed E-state index contributed by atoms with van der Waals surface area (Å²) in [6, 6.07) is 0. The Labute approximate surface area is 69.7 Å². The van der Waals surface area contributed by atoms with E-state index < -0.39 is 5.76 Å². The van der Waals surface area contributed by atoms with Crippen molar-refractivity contribution in [1.82, 2.24) is 15.5 Å². The summed E-state index contributed by atoms with van der Waals surface area (Å²) in [6.07, 6.45) is 0. The van der Waals surface area contributed by atoms with Gasteiger partial charge in [0.1, 0.15) is 5.27 Å². The molecule has 0 saturated heterocycles. The molecule has 2 aromatic rings. The summed E-state index contributed by atoms with van der Waals surface area (Å²) in [5, 5.41) is 19.5. The van der Waals surface area contributed by atoms with Gasteiger partial charge in [0.15, 0.2) is 0 Å². The lowest BCUT2D eigenvalue weighted by Crippen LogP contribution is -2.40. The second-order valence-electron chi connectivity index (χ2n) is 2.22. The molecule has 68 valence electrons. The van der Waals surface area contributed by atoms with Crippen molar-refractivity contribution in [1.29, 1.82) is 0 Å². The first-order chi connectivity index (χ1) is 6.18. The molecule has 13 heavy (non-hydrogen) atoms. The van der Waals surface area contributed by atoms with E-state index in [2.05, 4.69) is 24.7 Å². The van der Waals surface area contributed by atoms with E-state index in [1.165, 1.54) is 6.92 Å². The van der Waals surface area contributed by atoms with E-state index in [-0.39, 0.29) is 16.4 Å². The first-order valence-electron chi connectivity index (χ1n) is 3.23. The van der Waals surface area contributed by atoms with Gasteiger partial charge in [0, 0.05) is 11.7 Å². The number of hydrogen-bond donors (Lipinski definition) is 1. The summed E-state index contributed by atoms with van der Waals surface area (Å²) in [7, 11) is 0. The third-order valence-corrected chi connectivity index (χ3v) is 1.40. The smallest absolute Gasteiger partial charge is 0.359 e. The number of nitrogens with zero attached hydrogens (tertiary/aromatic N) is 4. The van der Waals surface area contributed by atoms with Crippen LogP contribution in [0.25, 0.3) is 5.82 Å². The van der Waals surface area contributed by atoms with Crippen LogP contribution < -0.4 is 15.5 Å². The molecule has 9 heteroatoms. The Balaban J connectivity index is 2.58. The van der Waals surface area contributed by atoms with Gasteiger partial charge in [0.05, 0.1) is 5.16 Å². The lowest BCUT2D eigenvalue weighted by atomic mass is 10.5. The highest BCUT2D eigenvalue weighted by molar-refractivity contribution is 5.06. The van der Waals surface area contributed by atoms with Crippen LogP contribution in [-0.4, -0.2) is 15.5 Å². The molecule has 0 radical (unpaired) electrons. The van der Waals surface area contributed by atoms with E-state index in [0.717, 1.165) is 4.80 Å². The minimum absolute atomic E-state index is 0.0702. The van der Waals surface area contributed by atoms with E-state index in [0.29, 0.717) is 0 Å². The topological polar surface area (TPSA) is 116 Å². The molecule has 0 saturated carbocycles. The van der Waals surface area contributed by atoms with Crippen LogP contribution >= 0.6 is 0 Å². The van der Waals surface area contributed by atoms with Crippen molar-refractivity contribution in [2.45, 2.75) is 6.92 Å². The maximum Gasteiger partial charge on any atom is 0.473 e. The average molecular weight is 186 g/mol. The fraction of sp³-hybridized carbons (Fsp3) is 0.250. The number of aromatic amines is 1. The Kier molecular flexibility index (Phi) is 1.38. The van der Waals surface area contributed by atoms with Crippen molar-refractivity contribution in [2.75, 3.05) is 0 Å². The molecule has 2 heterocycles. The van der Waals surface area contributed by atoms with Crippen molar-refractivity contribution >= 4 is 0 Å². The van der Waals surface area contributed by atoms with Crippen LogP contribution in [0.2, 0.25) is 0 Å². The lowest BCUT2D eigenvalue weighted by molar-refractivity contribution is -0.808. The molecule has 0 atom stereocenters. The van der Waals surface area contributed by atoms with Crippen LogP contribution in [-0.2, 0) is 0 Å². The molecule has 0 aliphatic carbocycles. The van der Waals surface area contributed by atoms with E-state index in [1.54, 1.807) is 0 Å². The largest absolute Gasteiger partial charge is 0.473 e. The van der Waals surface area contributed by atoms with Gasteiger partial charge in [-0.1, -0.05) is 0 Å². The van der Waals surface area contributed by atoms with E-state index in [1.807, 2.05) is 0 Å². The zero-order valence-corrected chi connectivity index (χ0v) is 6.42. The highest BCUT2D eigenvalue weighted by Gasteiger charge is 2.23. The highest BCUT2D eigenvalue weighted by Crippen LogP contribution is 1.93. The standard InChI is InChI=1S/C4H3N5O4/c1-2-3(6-13-9(2)11)8-5-4(10)12-7-8/h1H3/p+1. The Morgan fingerprint density at radius 1 is 1.62 bits per heavy atom. The van der Waals surface area contributed by atoms with E-state index in [4.69, 9.17) is 0 Å². The molecular formula is C4H4N5O4+. The quantitative estimate of drug-likeness (QED) is 0.391. The van der Waals surface area contributed by atoms with Crippen molar-refractivity contribution in [3.63, 3.8) is 0 Å². The summed E-state index contributed by atoms with van der Waals surface area (Å²) >= 11 is 0. The number of rotatable bonds is 1. The number of aromatic nitrogens is 5. The fourth-order valence-electron chi connectivity index (χ4n) is 0.773. The maximum absolute atomic E-state index is 10.7. The van der Waals surface area contributed by atoms with Gasteiger partial charge in [-0.2, -0.15) is 0 Å². The van der Waals surface area contributed by atoms with Gasteiger partial charge < -0.3 is 5.21 Å². The van der Waals surface area contributed by atoms with Gasteiger partial charge in [0.2, 0.25) is 5.69 Å². The van der Waals surface area contributed by atoms with Gasteiger partial charge in [-0.25, -0.2) is 4.79 Å². The molecule has 0 aromatic carbocycles. The van der Waals surface area contributed by atoms with Crippen molar-refractivity contribution in [3.8, 4) is 5.82 Å². The minimum Gasteiger partial charge on any atom is -0.359 e. The molecule has 0 fully saturated rings. The number of nitrogens with one attached hydrogen (secondary N) is 1. The molecule has 2 aromatic heterocycles. The SMILES string of the molecule is Cc1c(-[n+]2noc(=O)[nH]2)no[n+]1[O-]. The Morgan fingerprint density at radius 3 is 2.85 bits per heavy atom. The van der Waals surface area contributed by atoms with Gasteiger partial charge in [-0.15, -0.1) is 5.10 Å². The molecule has 0 spiro atoms. The number of H-pyrrole nitrogens is 1. The average Bonchev–Trinajstić information content (AvgIpc) is 2.62. The lowest BCUT2D eigenvalue weighted by Gasteiger charge is -1.82. The molecule has 0 aliphatic heterocycles. The minimum atomic E-state index is -0.750. The molecule has 0 aliphatic rings. The van der Waals surface area contributed by atoms with Gasteiger partial charge in [-0.3, -0.25) is 9.15 Å². The van der Waals surface area contributed by atoms with Crippen LogP contribution in [0.3, 0.4) is 0 Å². The predicted molar refractivity (Wildman–Crippen MR) is 32.4 cm³/mol. The maximum atomic E-state index is 10.7. The Hall–Kier alpha value is -2.19. The highest BCUT2D eigenvalue weighted by atomic mass is 16.8. The van der Waals surface area contributed by atoms with Crippen molar-refractivity contribution < 1.29 is 18.9 Å². The van der Waals surface area contributed by atoms with Crippen LogP contribution in [0.15, 0.2) is 13.9 Å². The molecule has 1 N–H and O–H groups in total. The fourth-order valence-corrected chi connectivity index (χ4v) is 0.773. The number of hydrogen-bond acceptors (Lipinski definition) is 6. The third-order valence-electron chi connectivity index (χ3n) is 1.40. The van der Waals surface area contributed by atoms with Crippen molar-refractivity contribution in [2.24, 2.45) is 0 Å². The molecule has 0 amide bonds. The normalized spacial score (nSPS) is 10.5. The van der Waals surface area contributed by atoms with Crippen molar-refractivity contribution in [3.05, 3.63) is 21.5 Å². The summed E-state index contributed by atoms with van der Waals surface area (Å²) in [5.41, 5.74) is 0.162. The van der Waals surface area contributed by atoms with E-state index >= 15 is 0 Å². The Bertz CT molecular complexity index is 481. The second kappa shape index (κ2) is 2.40. The zero-order chi connectivity index (χ0) is 9.42. The summed E-state index contributed by atoms with van der Waals surface area (Å²) < 4.78 is 8.44. The summed E-state index contributed by atoms with van der Waals surface area (Å²) in [5.74, 6) is -0.680. The molecule has 0 bridgehead atoms. The monoisotopic (exact) mass is 186 g/mol. The van der Waals surface area contributed by atoms with Crippen LogP contribution in [0.5, 0.6) is 0 Å². The first kappa shape index (κ1) is 7.46.